The Hall–Kier alpha value is -2.93. The summed E-state index contributed by atoms with van der Waals surface area (Å²) in [5, 5.41) is 8.98. The second kappa shape index (κ2) is 9.52. The Labute approximate surface area is 174 Å². The van der Waals surface area contributed by atoms with Gasteiger partial charge in [-0.25, -0.2) is 4.79 Å². The van der Waals surface area contributed by atoms with Gasteiger partial charge in [0.05, 0.1) is 11.1 Å². The molecule has 3 amide bonds. The monoisotopic (exact) mass is 417 g/mol. The molecule has 154 valence electrons. The van der Waals surface area contributed by atoms with Gasteiger partial charge in [0.2, 0.25) is 5.91 Å². The van der Waals surface area contributed by atoms with Crippen LogP contribution in [0.3, 0.4) is 0 Å². The first-order valence-electron chi connectivity index (χ1n) is 9.42. The van der Waals surface area contributed by atoms with Crippen LogP contribution in [0.2, 0.25) is 5.02 Å². The number of carbonyl (C=O) groups is 2. The Morgan fingerprint density at radius 1 is 1.17 bits per heavy atom. The third kappa shape index (κ3) is 5.77. The molecule has 0 bridgehead atoms. The van der Waals surface area contributed by atoms with E-state index in [9.17, 15) is 9.59 Å². The minimum Gasteiger partial charge on any atom is -0.486 e. The van der Waals surface area contributed by atoms with E-state index < -0.39 is 0 Å². The molecule has 0 aliphatic carbocycles. The van der Waals surface area contributed by atoms with Crippen LogP contribution in [0.25, 0.3) is 0 Å². The van der Waals surface area contributed by atoms with Crippen molar-refractivity contribution in [2.75, 3.05) is 25.1 Å². The minimum absolute atomic E-state index is 0.139. The molecule has 0 saturated heterocycles. The summed E-state index contributed by atoms with van der Waals surface area (Å²) in [6.45, 7) is 4.76. The molecule has 29 heavy (non-hydrogen) atoms. The lowest BCUT2D eigenvalue weighted by Crippen LogP contribution is -2.38. The van der Waals surface area contributed by atoms with Crippen LogP contribution in [0, 0.1) is 0 Å². The highest BCUT2D eigenvalue weighted by Gasteiger charge is 2.17. The topological polar surface area (TPSA) is 88.7 Å². The van der Waals surface area contributed by atoms with E-state index in [-0.39, 0.29) is 18.0 Å². The lowest BCUT2D eigenvalue weighted by atomic mass is 10.1. The Balaban J connectivity index is 1.50. The Bertz CT molecular complexity index is 903. The van der Waals surface area contributed by atoms with Crippen LogP contribution in [0.1, 0.15) is 31.0 Å². The van der Waals surface area contributed by atoms with Gasteiger partial charge in [-0.15, -0.1) is 0 Å². The van der Waals surface area contributed by atoms with Crippen molar-refractivity contribution in [1.29, 1.82) is 0 Å². The molecule has 0 spiro atoms. The standard InChI is InChI=1S/C21H24ClN3O4/c1-13(16-4-3-5-17(12-16)25-14(2)26)24-21(27)23-7-6-15-10-18(22)20-19(11-15)28-8-9-29-20/h3-5,10-13H,6-9H2,1-2H3,(H,25,26)(H2,23,24,27)/t13-/m1/s1. The summed E-state index contributed by atoms with van der Waals surface area (Å²) in [4.78, 5) is 23.4. The fraction of sp³-hybridized carbons (Fsp3) is 0.333. The largest absolute Gasteiger partial charge is 0.486 e. The van der Waals surface area contributed by atoms with Crippen LogP contribution in [0.15, 0.2) is 36.4 Å². The van der Waals surface area contributed by atoms with Crippen molar-refractivity contribution in [2.45, 2.75) is 26.3 Å². The molecular formula is C21H24ClN3O4. The molecule has 0 radical (unpaired) electrons. The Morgan fingerprint density at radius 2 is 1.97 bits per heavy atom. The number of anilines is 1. The van der Waals surface area contributed by atoms with Gasteiger partial charge in [0.1, 0.15) is 13.2 Å². The van der Waals surface area contributed by atoms with Gasteiger partial charge in [-0.1, -0.05) is 23.7 Å². The molecule has 0 aromatic heterocycles. The number of hydrogen-bond acceptors (Lipinski definition) is 4. The third-order valence-electron chi connectivity index (χ3n) is 4.41. The number of rotatable bonds is 6. The maximum Gasteiger partial charge on any atom is 0.315 e. The summed E-state index contributed by atoms with van der Waals surface area (Å²) in [6.07, 6.45) is 0.607. The van der Waals surface area contributed by atoms with Crippen molar-refractivity contribution in [1.82, 2.24) is 10.6 Å². The molecule has 8 heteroatoms. The van der Waals surface area contributed by atoms with Crippen LogP contribution in [0.5, 0.6) is 11.5 Å². The lowest BCUT2D eigenvalue weighted by Gasteiger charge is -2.20. The number of benzene rings is 2. The molecule has 1 aliphatic rings. The fourth-order valence-corrected chi connectivity index (χ4v) is 3.34. The van der Waals surface area contributed by atoms with Crippen LogP contribution in [-0.2, 0) is 11.2 Å². The van der Waals surface area contributed by atoms with Crippen LogP contribution < -0.4 is 25.4 Å². The highest BCUT2D eigenvalue weighted by molar-refractivity contribution is 6.32. The third-order valence-corrected chi connectivity index (χ3v) is 4.69. The molecule has 0 unspecified atom stereocenters. The van der Waals surface area contributed by atoms with Gasteiger partial charge in [-0.2, -0.15) is 0 Å². The molecule has 1 heterocycles. The maximum atomic E-state index is 12.2. The van der Waals surface area contributed by atoms with E-state index in [1.807, 2.05) is 37.3 Å². The maximum absolute atomic E-state index is 12.2. The summed E-state index contributed by atoms with van der Waals surface area (Å²) in [6, 6.07) is 10.6. The molecule has 3 N–H and O–H groups in total. The van der Waals surface area contributed by atoms with Crippen molar-refractivity contribution >= 4 is 29.2 Å². The SMILES string of the molecule is CC(=O)Nc1cccc([C@@H](C)NC(=O)NCCc2cc(Cl)c3c(c2)OCCO3)c1. The van der Waals surface area contributed by atoms with E-state index in [1.165, 1.54) is 6.92 Å². The molecule has 2 aromatic carbocycles. The molecule has 3 rings (SSSR count). The molecule has 0 fully saturated rings. The summed E-state index contributed by atoms with van der Waals surface area (Å²) in [5.41, 5.74) is 2.54. The summed E-state index contributed by atoms with van der Waals surface area (Å²) < 4.78 is 11.1. The zero-order valence-corrected chi connectivity index (χ0v) is 17.1. The van der Waals surface area contributed by atoms with Gasteiger partial charge in [0.25, 0.3) is 0 Å². The smallest absolute Gasteiger partial charge is 0.315 e. The number of ether oxygens (including phenoxy) is 2. The summed E-state index contributed by atoms with van der Waals surface area (Å²) in [7, 11) is 0. The van der Waals surface area contributed by atoms with Crippen LogP contribution in [0.4, 0.5) is 10.5 Å². The van der Waals surface area contributed by atoms with Gasteiger partial charge in [-0.3, -0.25) is 4.79 Å². The molecule has 1 atom stereocenters. The minimum atomic E-state index is -0.272. The molecule has 1 aliphatic heterocycles. The number of urea groups is 1. The average molecular weight is 418 g/mol. The summed E-state index contributed by atoms with van der Waals surface area (Å²) >= 11 is 6.24. The van der Waals surface area contributed by atoms with E-state index in [0.29, 0.717) is 48.4 Å². The Morgan fingerprint density at radius 3 is 2.76 bits per heavy atom. The second-order valence-electron chi connectivity index (χ2n) is 6.78. The number of fused-ring (bicyclic) bond motifs is 1. The number of halogens is 1. The highest BCUT2D eigenvalue weighted by atomic mass is 35.5. The summed E-state index contributed by atoms with van der Waals surface area (Å²) in [5.74, 6) is 1.07. The van der Waals surface area contributed by atoms with Gasteiger partial charge in [-0.05, 0) is 48.7 Å². The normalized spacial score (nSPS) is 13.3. The number of hydrogen-bond donors (Lipinski definition) is 3. The first-order valence-corrected chi connectivity index (χ1v) is 9.80. The van der Waals surface area contributed by atoms with Gasteiger partial charge in [0, 0.05) is 19.2 Å². The van der Waals surface area contributed by atoms with Crippen LogP contribution >= 0.6 is 11.6 Å². The molecule has 7 nitrogen and oxygen atoms in total. The van der Waals surface area contributed by atoms with Crippen molar-refractivity contribution in [3.8, 4) is 11.5 Å². The van der Waals surface area contributed by atoms with Crippen molar-refractivity contribution < 1.29 is 19.1 Å². The number of carbonyl (C=O) groups excluding carboxylic acids is 2. The van der Waals surface area contributed by atoms with Crippen molar-refractivity contribution in [2.24, 2.45) is 0 Å². The van der Waals surface area contributed by atoms with E-state index in [1.54, 1.807) is 6.07 Å². The van der Waals surface area contributed by atoms with E-state index in [4.69, 9.17) is 21.1 Å². The van der Waals surface area contributed by atoms with Gasteiger partial charge >= 0.3 is 6.03 Å². The first-order chi connectivity index (χ1) is 13.9. The fourth-order valence-electron chi connectivity index (χ4n) is 3.05. The average Bonchev–Trinajstić information content (AvgIpc) is 2.68. The van der Waals surface area contributed by atoms with E-state index in [2.05, 4.69) is 16.0 Å². The number of amides is 3. The van der Waals surface area contributed by atoms with Crippen LogP contribution in [-0.4, -0.2) is 31.7 Å². The predicted octanol–water partition coefficient (Wildman–Crippen LogP) is 3.67. The van der Waals surface area contributed by atoms with E-state index in [0.717, 1.165) is 11.1 Å². The zero-order chi connectivity index (χ0) is 20.8. The van der Waals surface area contributed by atoms with E-state index >= 15 is 0 Å². The zero-order valence-electron chi connectivity index (χ0n) is 16.4. The Kier molecular flexibility index (Phi) is 6.82. The second-order valence-corrected chi connectivity index (χ2v) is 7.19. The quantitative estimate of drug-likeness (QED) is 0.669. The number of nitrogens with one attached hydrogen (secondary N) is 3. The highest BCUT2D eigenvalue weighted by Crippen LogP contribution is 2.38. The predicted molar refractivity (Wildman–Crippen MR) is 112 cm³/mol. The van der Waals surface area contributed by atoms with Gasteiger partial charge < -0.3 is 25.4 Å². The molecule has 2 aromatic rings. The molecular weight excluding hydrogens is 394 g/mol. The van der Waals surface area contributed by atoms with Crippen molar-refractivity contribution in [3.05, 3.63) is 52.5 Å². The first kappa shape index (κ1) is 20.8. The van der Waals surface area contributed by atoms with Gasteiger partial charge in [0.15, 0.2) is 11.5 Å². The lowest BCUT2D eigenvalue weighted by molar-refractivity contribution is -0.114. The van der Waals surface area contributed by atoms with Crippen molar-refractivity contribution in [3.63, 3.8) is 0 Å². The molecule has 0 saturated carbocycles.